The van der Waals surface area contributed by atoms with Crippen molar-refractivity contribution in [2.75, 3.05) is 0 Å². The van der Waals surface area contributed by atoms with Gasteiger partial charge in [0.25, 0.3) is 0 Å². The van der Waals surface area contributed by atoms with Gasteiger partial charge in [0, 0.05) is 0 Å². The van der Waals surface area contributed by atoms with Crippen LogP contribution in [-0.4, -0.2) is 21.9 Å². The number of rotatable bonds is 0. The summed E-state index contributed by atoms with van der Waals surface area (Å²) in [6.45, 7) is 5.97. The predicted octanol–water partition coefficient (Wildman–Crippen LogP) is 1.08. The molecule has 12 heavy (non-hydrogen) atoms. The number of allylic oxidation sites excluding steroid dienone is 1. The topological polar surface area (TPSA) is 40.5 Å². The standard InChI is InChI=1S/C10H16O2/c1-9(2)6-4-7(9)10(3,12)8(11)5-6/h4,6,8,11-12H,5H2,1-3H3/t6-,8-,10?/m1/s1. The van der Waals surface area contributed by atoms with E-state index in [0.717, 1.165) is 5.57 Å². The van der Waals surface area contributed by atoms with E-state index in [1.165, 1.54) is 0 Å². The van der Waals surface area contributed by atoms with Gasteiger partial charge in [-0.1, -0.05) is 19.9 Å². The van der Waals surface area contributed by atoms with Crippen molar-refractivity contribution in [3.8, 4) is 0 Å². The highest BCUT2D eigenvalue weighted by molar-refractivity contribution is 5.39. The van der Waals surface area contributed by atoms with Crippen LogP contribution in [0.25, 0.3) is 0 Å². The van der Waals surface area contributed by atoms with Crippen molar-refractivity contribution < 1.29 is 10.2 Å². The van der Waals surface area contributed by atoms with Crippen LogP contribution in [0.4, 0.5) is 0 Å². The van der Waals surface area contributed by atoms with Gasteiger partial charge in [0.1, 0.15) is 5.60 Å². The molecule has 2 bridgehead atoms. The maximum absolute atomic E-state index is 9.97. The minimum absolute atomic E-state index is 0.0999. The average molecular weight is 168 g/mol. The van der Waals surface area contributed by atoms with E-state index in [-0.39, 0.29) is 5.41 Å². The first-order valence-electron chi connectivity index (χ1n) is 4.50. The second-order valence-electron chi connectivity index (χ2n) is 4.81. The summed E-state index contributed by atoms with van der Waals surface area (Å²) in [6.07, 6.45) is 2.23. The molecule has 68 valence electrons. The number of aliphatic hydroxyl groups is 2. The van der Waals surface area contributed by atoms with Crippen LogP contribution in [0, 0.1) is 11.3 Å². The molecule has 0 spiro atoms. The van der Waals surface area contributed by atoms with E-state index < -0.39 is 11.7 Å². The molecule has 2 N–H and O–H groups in total. The first-order chi connectivity index (χ1) is 5.37. The zero-order valence-electron chi connectivity index (χ0n) is 7.83. The summed E-state index contributed by atoms with van der Waals surface area (Å²) in [4.78, 5) is 0. The Bertz CT molecular complexity index is 251. The minimum Gasteiger partial charge on any atom is -0.390 e. The Morgan fingerprint density at radius 2 is 2.00 bits per heavy atom. The van der Waals surface area contributed by atoms with Crippen LogP contribution in [0.2, 0.25) is 0 Å². The van der Waals surface area contributed by atoms with Crippen LogP contribution in [0.5, 0.6) is 0 Å². The van der Waals surface area contributed by atoms with E-state index >= 15 is 0 Å². The highest BCUT2D eigenvalue weighted by Gasteiger charge is 2.56. The van der Waals surface area contributed by atoms with Gasteiger partial charge in [-0.15, -0.1) is 0 Å². The van der Waals surface area contributed by atoms with Crippen LogP contribution in [0.3, 0.4) is 0 Å². The Morgan fingerprint density at radius 1 is 1.42 bits per heavy atom. The van der Waals surface area contributed by atoms with Gasteiger partial charge in [-0.05, 0) is 30.3 Å². The zero-order chi connectivity index (χ0) is 9.15. The maximum Gasteiger partial charge on any atom is 0.109 e. The summed E-state index contributed by atoms with van der Waals surface area (Å²) in [5.41, 5.74) is 0.125. The molecule has 0 aliphatic heterocycles. The molecule has 3 aliphatic carbocycles. The van der Waals surface area contributed by atoms with Gasteiger partial charge in [0.2, 0.25) is 0 Å². The fraction of sp³-hybridized carbons (Fsp3) is 0.800. The molecule has 0 aromatic carbocycles. The second kappa shape index (κ2) is 1.94. The van der Waals surface area contributed by atoms with Gasteiger partial charge < -0.3 is 10.2 Å². The molecule has 1 fully saturated rings. The van der Waals surface area contributed by atoms with Crippen LogP contribution >= 0.6 is 0 Å². The Kier molecular flexibility index (Phi) is 1.33. The minimum atomic E-state index is -0.988. The van der Waals surface area contributed by atoms with Gasteiger partial charge in [0.15, 0.2) is 0 Å². The highest BCUT2D eigenvalue weighted by atomic mass is 16.3. The SMILES string of the molecule is CC1(C)C2=C[C@@H]1C[C@@H](O)C2(C)O. The van der Waals surface area contributed by atoms with Crippen molar-refractivity contribution in [2.24, 2.45) is 11.3 Å². The van der Waals surface area contributed by atoms with Crippen molar-refractivity contribution in [2.45, 2.75) is 38.9 Å². The van der Waals surface area contributed by atoms with Crippen LogP contribution in [-0.2, 0) is 0 Å². The molecule has 2 heteroatoms. The monoisotopic (exact) mass is 168 g/mol. The zero-order valence-corrected chi connectivity index (χ0v) is 7.83. The third kappa shape index (κ3) is 0.723. The van der Waals surface area contributed by atoms with Gasteiger partial charge in [-0.2, -0.15) is 0 Å². The molecule has 1 saturated carbocycles. The Hall–Kier alpha value is -0.340. The quantitative estimate of drug-likeness (QED) is 0.531. The second-order valence-corrected chi connectivity index (χ2v) is 4.81. The fourth-order valence-corrected chi connectivity index (χ4v) is 2.56. The van der Waals surface area contributed by atoms with E-state index in [0.29, 0.717) is 12.3 Å². The van der Waals surface area contributed by atoms with Crippen molar-refractivity contribution in [1.82, 2.24) is 0 Å². The van der Waals surface area contributed by atoms with E-state index in [4.69, 9.17) is 0 Å². The smallest absolute Gasteiger partial charge is 0.109 e. The molecule has 0 heterocycles. The van der Waals surface area contributed by atoms with E-state index in [9.17, 15) is 10.2 Å². The first-order valence-corrected chi connectivity index (χ1v) is 4.50. The molecule has 3 atom stereocenters. The van der Waals surface area contributed by atoms with Crippen molar-refractivity contribution in [1.29, 1.82) is 0 Å². The van der Waals surface area contributed by atoms with Crippen molar-refractivity contribution >= 4 is 0 Å². The number of aliphatic hydroxyl groups excluding tert-OH is 1. The first kappa shape index (κ1) is 8.27. The van der Waals surface area contributed by atoms with E-state index in [1.807, 2.05) is 0 Å². The molecule has 1 unspecified atom stereocenters. The lowest BCUT2D eigenvalue weighted by molar-refractivity contribution is -0.101. The molecule has 2 nitrogen and oxygen atoms in total. The van der Waals surface area contributed by atoms with Gasteiger partial charge in [0.05, 0.1) is 6.10 Å². The third-order valence-electron chi connectivity index (χ3n) is 3.66. The Balaban J connectivity index is 2.39. The average Bonchev–Trinajstić information content (AvgIpc) is 1.93. The molecule has 0 amide bonds. The summed E-state index contributed by atoms with van der Waals surface area (Å²) < 4.78 is 0. The Morgan fingerprint density at radius 3 is 2.33 bits per heavy atom. The lowest BCUT2D eigenvalue weighted by Crippen LogP contribution is -2.58. The van der Waals surface area contributed by atoms with Gasteiger partial charge >= 0.3 is 0 Å². The van der Waals surface area contributed by atoms with Gasteiger partial charge in [-0.25, -0.2) is 0 Å². The molecule has 0 aromatic heterocycles. The number of fused-ring (bicyclic) bond motifs is 2. The predicted molar refractivity (Wildman–Crippen MR) is 46.6 cm³/mol. The van der Waals surface area contributed by atoms with Crippen molar-refractivity contribution in [3.63, 3.8) is 0 Å². The van der Waals surface area contributed by atoms with E-state index in [2.05, 4.69) is 19.9 Å². The summed E-state index contributed by atoms with van der Waals surface area (Å²) in [6, 6.07) is 0. The summed E-state index contributed by atoms with van der Waals surface area (Å²) in [5.74, 6) is 0.461. The van der Waals surface area contributed by atoms with Crippen LogP contribution in [0.15, 0.2) is 11.6 Å². The Labute approximate surface area is 72.9 Å². The molecule has 3 aliphatic rings. The summed E-state index contributed by atoms with van der Waals surface area (Å²) >= 11 is 0. The van der Waals surface area contributed by atoms with Crippen LogP contribution in [0.1, 0.15) is 27.2 Å². The van der Waals surface area contributed by atoms with Gasteiger partial charge in [-0.3, -0.25) is 0 Å². The largest absolute Gasteiger partial charge is 0.390 e. The lowest BCUT2D eigenvalue weighted by Gasteiger charge is -2.56. The lowest BCUT2D eigenvalue weighted by atomic mass is 9.51. The maximum atomic E-state index is 9.97. The number of hydrogen-bond acceptors (Lipinski definition) is 2. The normalized spacial score (nSPS) is 49.6. The highest BCUT2D eigenvalue weighted by Crippen LogP contribution is 2.57. The molecule has 0 aromatic rings. The molecular weight excluding hydrogens is 152 g/mol. The van der Waals surface area contributed by atoms with E-state index in [1.54, 1.807) is 6.92 Å². The molecule has 3 rings (SSSR count). The molecule has 0 radical (unpaired) electrons. The summed E-state index contributed by atoms with van der Waals surface area (Å²) in [5, 5.41) is 19.5. The number of hydrogen-bond donors (Lipinski definition) is 2. The van der Waals surface area contributed by atoms with Crippen molar-refractivity contribution in [3.05, 3.63) is 11.6 Å². The summed E-state index contributed by atoms with van der Waals surface area (Å²) in [7, 11) is 0. The van der Waals surface area contributed by atoms with Crippen LogP contribution < -0.4 is 0 Å². The molecule has 0 saturated heterocycles. The fourth-order valence-electron chi connectivity index (χ4n) is 2.56. The third-order valence-corrected chi connectivity index (χ3v) is 3.66. The molecular formula is C10H16O2.